The van der Waals surface area contributed by atoms with E-state index >= 15 is 0 Å². The van der Waals surface area contributed by atoms with Gasteiger partial charge in [-0.05, 0) is 6.42 Å². The number of amides is 1. The molecule has 2 aromatic heterocycles. The van der Waals surface area contributed by atoms with Crippen LogP contribution in [0.2, 0.25) is 0 Å². The molecule has 0 aromatic carbocycles. The number of alkyl halides is 3. The van der Waals surface area contributed by atoms with Gasteiger partial charge in [0.2, 0.25) is 11.8 Å². The molecule has 0 spiro atoms. The van der Waals surface area contributed by atoms with Gasteiger partial charge < -0.3 is 10.1 Å². The van der Waals surface area contributed by atoms with Gasteiger partial charge >= 0.3 is 6.18 Å². The Labute approximate surface area is 135 Å². The quantitative estimate of drug-likeness (QED) is 0.815. The molecule has 1 amide bonds. The Morgan fingerprint density at radius 1 is 1.38 bits per heavy atom. The second-order valence-electron chi connectivity index (χ2n) is 4.94. The molecular formula is C14H16F3N5O2. The van der Waals surface area contributed by atoms with Crippen LogP contribution in [-0.2, 0) is 13.2 Å². The van der Waals surface area contributed by atoms with E-state index in [1.807, 2.05) is 6.92 Å². The molecule has 0 atom stereocenters. The van der Waals surface area contributed by atoms with Gasteiger partial charge in [-0.15, -0.1) is 0 Å². The lowest BCUT2D eigenvalue weighted by atomic mass is 10.3. The summed E-state index contributed by atoms with van der Waals surface area (Å²) in [6, 6.07) is 0.746. The molecule has 0 aliphatic heterocycles. The average Bonchev–Trinajstić information content (AvgIpc) is 2.89. The molecule has 0 aliphatic carbocycles. The summed E-state index contributed by atoms with van der Waals surface area (Å²) in [6.07, 6.45) is -0.380. The average molecular weight is 343 g/mol. The summed E-state index contributed by atoms with van der Waals surface area (Å²) in [7, 11) is 1.30. The number of hydrogen-bond acceptors (Lipinski definition) is 5. The highest BCUT2D eigenvalue weighted by Gasteiger charge is 2.35. The zero-order valence-electron chi connectivity index (χ0n) is 13.1. The number of halogens is 3. The molecule has 1 N–H and O–H groups in total. The molecule has 7 nitrogen and oxygen atoms in total. The van der Waals surface area contributed by atoms with Crippen molar-refractivity contribution < 1.29 is 22.7 Å². The van der Waals surface area contributed by atoms with Gasteiger partial charge in [-0.3, -0.25) is 9.78 Å². The summed E-state index contributed by atoms with van der Waals surface area (Å²) >= 11 is 0. The van der Waals surface area contributed by atoms with Gasteiger partial charge in [-0.25, -0.2) is 9.67 Å². The Balaban J connectivity index is 2.12. The van der Waals surface area contributed by atoms with E-state index in [1.165, 1.54) is 19.4 Å². The molecule has 0 radical (unpaired) electrons. The van der Waals surface area contributed by atoms with Crippen molar-refractivity contribution in [3.63, 3.8) is 0 Å². The molecule has 0 saturated heterocycles. The molecule has 0 bridgehead atoms. The predicted molar refractivity (Wildman–Crippen MR) is 77.6 cm³/mol. The summed E-state index contributed by atoms with van der Waals surface area (Å²) in [5.41, 5.74) is -1.07. The molecular weight excluding hydrogens is 327 g/mol. The fraction of sp³-hybridized carbons (Fsp3) is 0.429. The van der Waals surface area contributed by atoms with E-state index in [-0.39, 0.29) is 17.5 Å². The molecule has 0 fully saturated rings. The first-order valence-corrected chi connectivity index (χ1v) is 7.20. The van der Waals surface area contributed by atoms with Crippen LogP contribution in [0.15, 0.2) is 18.5 Å². The minimum atomic E-state index is -4.58. The Morgan fingerprint density at radius 2 is 2.12 bits per heavy atom. The SMILES string of the molecule is CCCCNC(=O)c1cncc(Oc2cc(C(F)(F)F)nn2C)n1. The molecule has 2 heterocycles. The number of carbonyl (C=O) groups excluding carboxylic acids is 1. The normalized spacial score (nSPS) is 11.4. The van der Waals surface area contributed by atoms with Crippen molar-refractivity contribution in [1.29, 1.82) is 0 Å². The fourth-order valence-corrected chi connectivity index (χ4v) is 1.77. The molecule has 130 valence electrons. The number of carbonyl (C=O) groups is 1. The lowest BCUT2D eigenvalue weighted by molar-refractivity contribution is -0.141. The molecule has 2 aromatic rings. The number of aryl methyl sites for hydroxylation is 1. The Hall–Kier alpha value is -2.65. The Kier molecular flexibility index (Phi) is 5.37. The van der Waals surface area contributed by atoms with Crippen LogP contribution in [0.5, 0.6) is 11.8 Å². The van der Waals surface area contributed by atoms with Crippen molar-refractivity contribution in [1.82, 2.24) is 25.1 Å². The van der Waals surface area contributed by atoms with Gasteiger partial charge in [0.25, 0.3) is 5.91 Å². The van der Waals surface area contributed by atoms with Gasteiger partial charge in [0.15, 0.2) is 5.69 Å². The summed E-state index contributed by atoms with van der Waals surface area (Å²) in [6.45, 7) is 2.49. The van der Waals surface area contributed by atoms with Crippen LogP contribution in [0, 0.1) is 0 Å². The van der Waals surface area contributed by atoms with Crippen molar-refractivity contribution >= 4 is 5.91 Å². The third-order valence-electron chi connectivity index (χ3n) is 3.00. The number of nitrogens with one attached hydrogen (secondary N) is 1. The number of unbranched alkanes of at least 4 members (excludes halogenated alkanes) is 1. The third-order valence-corrected chi connectivity index (χ3v) is 3.00. The summed E-state index contributed by atoms with van der Waals surface area (Å²) in [5, 5.41) is 5.99. The van der Waals surface area contributed by atoms with Gasteiger partial charge in [0, 0.05) is 19.7 Å². The number of rotatable bonds is 6. The van der Waals surface area contributed by atoms with Crippen molar-refractivity contribution in [2.45, 2.75) is 25.9 Å². The van der Waals surface area contributed by atoms with E-state index in [9.17, 15) is 18.0 Å². The summed E-state index contributed by atoms with van der Waals surface area (Å²) in [5.74, 6) is -0.697. The van der Waals surface area contributed by atoms with Gasteiger partial charge in [-0.2, -0.15) is 18.3 Å². The van der Waals surface area contributed by atoms with E-state index in [0.29, 0.717) is 6.54 Å². The number of nitrogens with zero attached hydrogens (tertiary/aromatic N) is 4. The number of hydrogen-bond donors (Lipinski definition) is 1. The molecule has 2 rings (SSSR count). The predicted octanol–water partition coefficient (Wildman–Crippen LogP) is 2.55. The van der Waals surface area contributed by atoms with Crippen molar-refractivity contribution in [2.75, 3.05) is 6.54 Å². The molecule has 0 saturated carbocycles. The monoisotopic (exact) mass is 343 g/mol. The summed E-state index contributed by atoms with van der Waals surface area (Å²) in [4.78, 5) is 19.6. The van der Waals surface area contributed by atoms with Crippen LogP contribution in [0.4, 0.5) is 13.2 Å². The lowest BCUT2D eigenvalue weighted by Crippen LogP contribution is -2.25. The highest BCUT2D eigenvalue weighted by Crippen LogP contribution is 2.31. The fourth-order valence-electron chi connectivity index (χ4n) is 1.77. The maximum absolute atomic E-state index is 12.6. The van der Waals surface area contributed by atoms with Crippen molar-refractivity contribution in [3.8, 4) is 11.8 Å². The Morgan fingerprint density at radius 3 is 2.75 bits per heavy atom. The molecule has 10 heteroatoms. The van der Waals surface area contributed by atoms with Gasteiger partial charge in [-0.1, -0.05) is 13.3 Å². The summed E-state index contributed by atoms with van der Waals surface area (Å²) < 4.78 is 44.1. The smallest absolute Gasteiger partial charge is 0.419 e. The number of aromatic nitrogens is 4. The zero-order chi connectivity index (χ0) is 17.7. The maximum atomic E-state index is 12.6. The van der Waals surface area contributed by atoms with Crippen LogP contribution in [0.3, 0.4) is 0 Å². The van der Waals surface area contributed by atoms with Gasteiger partial charge in [0.05, 0.1) is 12.4 Å². The molecule has 24 heavy (non-hydrogen) atoms. The first kappa shape index (κ1) is 17.7. The van der Waals surface area contributed by atoms with Crippen molar-refractivity contribution in [2.24, 2.45) is 7.05 Å². The second kappa shape index (κ2) is 7.28. The topological polar surface area (TPSA) is 81.9 Å². The highest BCUT2D eigenvalue weighted by atomic mass is 19.4. The van der Waals surface area contributed by atoms with Crippen molar-refractivity contribution in [3.05, 3.63) is 29.8 Å². The number of ether oxygens (including phenoxy) is 1. The molecule has 0 aliphatic rings. The third kappa shape index (κ3) is 4.43. The van der Waals surface area contributed by atoms with E-state index in [1.54, 1.807) is 0 Å². The van der Waals surface area contributed by atoms with Crippen LogP contribution < -0.4 is 10.1 Å². The first-order chi connectivity index (χ1) is 11.3. The molecule has 0 unspecified atom stereocenters. The van der Waals surface area contributed by atoms with E-state index in [0.717, 1.165) is 23.6 Å². The maximum Gasteiger partial charge on any atom is 0.435 e. The van der Waals surface area contributed by atoms with Crippen LogP contribution in [0.25, 0.3) is 0 Å². The minimum Gasteiger partial charge on any atom is -0.419 e. The van der Waals surface area contributed by atoms with E-state index in [2.05, 4.69) is 20.4 Å². The van der Waals surface area contributed by atoms with E-state index in [4.69, 9.17) is 4.74 Å². The highest BCUT2D eigenvalue weighted by molar-refractivity contribution is 5.92. The largest absolute Gasteiger partial charge is 0.435 e. The standard InChI is InChI=1S/C14H16F3N5O2/c1-3-4-5-19-13(23)9-7-18-8-11(20-9)24-12-6-10(14(15,16)17)21-22(12)2/h6-8H,3-5H2,1-2H3,(H,19,23). The minimum absolute atomic E-state index is 0.0156. The zero-order valence-corrected chi connectivity index (χ0v) is 13.1. The first-order valence-electron chi connectivity index (χ1n) is 7.20. The second-order valence-corrected chi connectivity index (χ2v) is 4.94. The van der Waals surface area contributed by atoms with Gasteiger partial charge in [0.1, 0.15) is 5.69 Å². The van der Waals surface area contributed by atoms with Crippen LogP contribution in [0.1, 0.15) is 35.9 Å². The Bertz CT molecular complexity index is 715. The van der Waals surface area contributed by atoms with Crippen LogP contribution >= 0.6 is 0 Å². The van der Waals surface area contributed by atoms with Crippen LogP contribution in [-0.4, -0.2) is 32.2 Å². The van der Waals surface area contributed by atoms with E-state index < -0.39 is 17.8 Å². The lowest BCUT2D eigenvalue weighted by Gasteiger charge is -2.06.